The fourth-order valence-electron chi connectivity index (χ4n) is 5.30. The lowest BCUT2D eigenvalue weighted by Crippen LogP contribution is -2.14. The van der Waals surface area contributed by atoms with E-state index in [2.05, 4.69) is 35.9 Å². The number of nitrogens with zero attached hydrogens (tertiary/aromatic N) is 3. The van der Waals surface area contributed by atoms with Crippen molar-refractivity contribution in [3.05, 3.63) is 42.0 Å². The Kier molecular flexibility index (Phi) is 11.9. The van der Waals surface area contributed by atoms with Gasteiger partial charge in [0.1, 0.15) is 0 Å². The van der Waals surface area contributed by atoms with Crippen LogP contribution >= 0.6 is 0 Å². The molecule has 182 valence electrons. The van der Waals surface area contributed by atoms with E-state index in [4.69, 9.17) is 4.98 Å². The molecule has 0 unspecified atom stereocenters. The highest BCUT2D eigenvalue weighted by Crippen LogP contribution is 2.37. The van der Waals surface area contributed by atoms with Gasteiger partial charge >= 0.3 is 0 Å². The van der Waals surface area contributed by atoms with Gasteiger partial charge in [0, 0.05) is 35.8 Å². The molecule has 0 saturated heterocycles. The lowest BCUT2D eigenvalue weighted by molar-refractivity contribution is 0.299. The maximum Gasteiger partial charge on any atom is 0.160 e. The summed E-state index contributed by atoms with van der Waals surface area (Å²) in [6.45, 7) is 4.55. The summed E-state index contributed by atoms with van der Waals surface area (Å²) in [5.41, 5.74) is 3.54. The van der Waals surface area contributed by atoms with Crippen LogP contribution in [-0.4, -0.2) is 15.0 Å². The van der Waals surface area contributed by atoms with Crippen LogP contribution in [-0.2, 0) is 6.42 Å². The van der Waals surface area contributed by atoms with Crippen LogP contribution in [0.15, 0.2) is 30.7 Å². The van der Waals surface area contributed by atoms with Crippen molar-refractivity contribution in [2.75, 3.05) is 0 Å². The first-order chi connectivity index (χ1) is 16.3. The minimum Gasteiger partial charge on any atom is -0.260 e. The van der Waals surface area contributed by atoms with E-state index in [0.717, 1.165) is 23.7 Å². The number of aryl methyl sites for hydroxylation is 1. The number of unbranched alkanes of at least 4 members (excludes halogenated alkanes) is 9. The van der Waals surface area contributed by atoms with Gasteiger partial charge in [-0.3, -0.25) is 4.98 Å². The van der Waals surface area contributed by atoms with Crippen molar-refractivity contribution >= 4 is 0 Å². The zero-order chi connectivity index (χ0) is 23.1. The highest BCUT2D eigenvalue weighted by atomic mass is 14.9. The smallest absolute Gasteiger partial charge is 0.160 e. The second kappa shape index (κ2) is 15.2. The van der Waals surface area contributed by atoms with Crippen molar-refractivity contribution in [2.45, 2.75) is 129 Å². The van der Waals surface area contributed by atoms with Gasteiger partial charge in [-0.2, -0.15) is 0 Å². The van der Waals surface area contributed by atoms with Crippen molar-refractivity contribution in [3.63, 3.8) is 0 Å². The van der Waals surface area contributed by atoms with Crippen LogP contribution in [0.1, 0.15) is 134 Å². The van der Waals surface area contributed by atoms with Crippen molar-refractivity contribution < 1.29 is 0 Å². The van der Waals surface area contributed by atoms with Gasteiger partial charge in [-0.25, -0.2) is 9.97 Å². The lowest BCUT2D eigenvalue weighted by Gasteiger charge is -2.28. The molecule has 3 nitrogen and oxygen atoms in total. The highest BCUT2D eigenvalue weighted by molar-refractivity contribution is 5.53. The van der Waals surface area contributed by atoms with Gasteiger partial charge in [0.2, 0.25) is 0 Å². The largest absolute Gasteiger partial charge is 0.260 e. The lowest BCUT2D eigenvalue weighted by atomic mass is 9.78. The average molecular weight is 450 g/mol. The normalized spacial score (nSPS) is 18.5. The van der Waals surface area contributed by atoms with Gasteiger partial charge in [-0.15, -0.1) is 0 Å². The summed E-state index contributed by atoms with van der Waals surface area (Å²) in [6.07, 6.45) is 28.9. The second-order valence-electron chi connectivity index (χ2n) is 10.3. The van der Waals surface area contributed by atoms with E-state index >= 15 is 0 Å². The molecule has 0 aromatic carbocycles. The molecule has 0 amide bonds. The number of hydrogen-bond donors (Lipinski definition) is 0. The molecule has 0 N–H and O–H groups in total. The van der Waals surface area contributed by atoms with E-state index in [0.29, 0.717) is 5.92 Å². The number of hydrogen-bond acceptors (Lipinski definition) is 3. The van der Waals surface area contributed by atoms with Gasteiger partial charge in [0.15, 0.2) is 5.82 Å². The summed E-state index contributed by atoms with van der Waals surface area (Å²) < 4.78 is 0. The SMILES string of the molecule is CCCCCCCCC1CCC(c2ccc(-c3ncc(CCCCCCC)cn3)cn2)CC1. The Morgan fingerprint density at radius 1 is 0.667 bits per heavy atom. The van der Waals surface area contributed by atoms with Crippen LogP contribution in [0.3, 0.4) is 0 Å². The maximum atomic E-state index is 4.83. The molecule has 0 atom stereocenters. The minimum absolute atomic E-state index is 0.635. The molecular formula is C30H47N3. The number of pyridine rings is 1. The monoisotopic (exact) mass is 449 g/mol. The molecule has 3 rings (SSSR count). The summed E-state index contributed by atoms with van der Waals surface area (Å²) in [5.74, 6) is 2.38. The molecule has 1 saturated carbocycles. The zero-order valence-corrected chi connectivity index (χ0v) is 21.4. The standard InChI is InChI=1S/C30H47N3/c1-3-5-7-9-11-12-14-25-16-18-27(19-17-25)29-21-20-28(24-31-29)30-32-22-26(23-33-30)15-13-10-8-6-4-2/h20-25,27H,3-19H2,1-2H3. The summed E-state index contributed by atoms with van der Waals surface area (Å²) in [4.78, 5) is 14.1. The van der Waals surface area contributed by atoms with Crippen LogP contribution in [0, 0.1) is 5.92 Å². The summed E-state index contributed by atoms with van der Waals surface area (Å²) in [6, 6.07) is 4.39. The molecule has 2 aromatic heterocycles. The summed E-state index contributed by atoms with van der Waals surface area (Å²) in [7, 11) is 0. The molecule has 2 aromatic rings. The summed E-state index contributed by atoms with van der Waals surface area (Å²) in [5, 5.41) is 0. The first-order valence-corrected chi connectivity index (χ1v) is 14.1. The highest BCUT2D eigenvalue weighted by Gasteiger charge is 2.23. The van der Waals surface area contributed by atoms with Gasteiger partial charge in [-0.05, 0) is 62.1 Å². The first-order valence-electron chi connectivity index (χ1n) is 14.1. The maximum absolute atomic E-state index is 4.83. The van der Waals surface area contributed by atoms with Crippen LogP contribution in [0.4, 0.5) is 0 Å². The van der Waals surface area contributed by atoms with E-state index in [9.17, 15) is 0 Å². The predicted octanol–water partition coefficient (Wildman–Crippen LogP) is 9.08. The van der Waals surface area contributed by atoms with Crippen LogP contribution < -0.4 is 0 Å². The molecule has 1 aliphatic rings. The van der Waals surface area contributed by atoms with Gasteiger partial charge < -0.3 is 0 Å². The zero-order valence-electron chi connectivity index (χ0n) is 21.4. The Morgan fingerprint density at radius 2 is 1.30 bits per heavy atom. The third kappa shape index (κ3) is 9.18. The molecule has 0 aliphatic heterocycles. The third-order valence-electron chi connectivity index (χ3n) is 7.55. The van der Waals surface area contributed by atoms with Gasteiger partial charge in [-0.1, -0.05) is 84.5 Å². The Balaban J connectivity index is 1.39. The van der Waals surface area contributed by atoms with Crippen LogP contribution in [0.5, 0.6) is 0 Å². The van der Waals surface area contributed by atoms with Gasteiger partial charge in [0.05, 0.1) is 0 Å². The molecule has 0 radical (unpaired) electrons. The van der Waals surface area contributed by atoms with E-state index in [-0.39, 0.29) is 0 Å². The van der Waals surface area contributed by atoms with E-state index in [1.165, 1.54) is 114 Å². The Bertz CT molecular complexity index is 745. The average Bonchev–Trinajstić information content (AvgIpc) is 2.87. The van der Waals surface area contributed by atoms with E-state index in [1.807, 2.05) is 18.6 Å². The van der Waals surface area contributed by atoms with Gasteiger partial charge in [0.25, 0.3) is 0 Å². The second-order valence-corrected chi connectivity index (χ2v) is 10.3. The molecule has 33 heavy (non-hydrogen) atoms. The Hall–Kier alpha value is -1.77. The Labute approximate surface area is 203 Å². The topological polar surface area (TPSA) is 38.7 Å². The van der Waals surface area contributed by atoms with E-state index < -0.39 is 0 Å². The molecule has 3 heteroatoms. The molecule has 0 bridgehead atoms. The predicted molar refractivity (Wildman–Crippen MR) is 140 cm³/mol. The molecule has 2 heterocycles. The first kappa shape index (κ1) is 25.8. The molecule has 1 aliphatic carbocycles. The van der Waals surface area contributed by atoms with Crippen molar-refractivity contribution in [3.8, 4) is 11.4 Å². The molecular weight excluding hydrogens is 402 g/mol. The van der Waals surface area contributed by atoms with Crippen molar-refractivity contribution in [1.29, 1.82) is 0 Å². The summed E-state index contributed by atoms with van der Waals surface area (Å²) >= 11 is 0. The van der Waals surface area contributed by atoms with Crippen molar-refractivity contribution in [1.82, 2.24) is 15.0 Å². The van der Waals surface area contributed by atoms with Crippen LogP contribution in [0.25, 0.3) is 11.4 Å². The quantitative estimate of drug-likeness (QED) is 0.254. The van der Waals surface area contributed by atoms with E-state index in [1.54, 1.807) is 0 Å². The fraction of sp³-hybridized carbons (Fsp3) is 0.700. The number of rotatable bonds is 15. The molecule has 0 spiro atoms. The van der Waals surface area contributed by atoms with Crippen LogP contribution in [0.2, 0.25) is 0 Å². The third-order valence-corrected chi connectivity index (χ3v) is 7.55. The number of aromatic nitrogens is 3. The minimum atomic E-state index is 0.635. The fourth-order valence-corrected chi connectivity index (χ4v) is 5.30. The van der Waals surface area contributed by atoms with Crippen molar-refractivity contribution in [2.24, 2.45) is 5.92 Å². The molecule has 1 fully saturated rings. The Morgan fingerprint density at radius 3 is 1.94 bits per heavy atom.